The van der Waals surface area contributed by atoms with Crippen LogP contribution in [0.25, 0.3) is 0 Å². The second kappa shape index (κ2) is 5.94. The summed E-state index contributed by atoms with van der Waals surface area (Å²) < 4.78 is 5.36. The highest BCUT2D eigenvalue weighted by Crippen LogP contribution is 2.21. The fraction of sp³-hybridized carbons (Fsp3) is 0.909. The van der Waals surface area contributed by atoms with Gasteiger partial charge in [-0.1, -0.05) is 0 Å². The Balaban J connectivity index is 1.97. The molecule has 0 aliphatic carbocycles. The predicted octanol–water partition coefficient (Wildman–Crippen LogP) is -2.71. The molecule has 2 fully saturated rings. The zero-order valence-corrected chi connectivity index (χ0v) is 10.2. The molecule has 2 saturated heterocycles. The minimum atomic E-state index is -1.14. The third-order valence-corrected chi connectivity index (χ3v) is 3.45. The van der Waals surface area contributed by atoms with Crippen LogP contribution >= 0.6 is 0 Å². The molecule has 4 atom stereocenters. The Hall–Kier alpha value is -0.730. The van der Waals surface area contributed by atoms with Crippen molar-refractivity contribution in [3.63, 3.8) is 0 Å². The molecule has 7 heteroatoms. The first kappa shape index (κ1) is 13.7. The molecule has 2 aliphatic heterocycles. The van der Waals surface area contributed by atoms with Crippen molar-refractivity contribution in [3.05, 3.63) is 0 Å². The maximum absolute atomic E-state index is 12.2. The Morgan fingerprint density at radius 3 is 2.61 bits per heavy atom. The summed E-state index contributed by atoms with van der Waals surface area (Å²) in [5, 5.41) is 31.5. The molecule has 0 aromatic carbocycles. The van der Waals surface area contributed by atoms with Gasteiger partial charge < -0.3 is 30.3 Å². The molecule has 2 rings (SSSR count). The average Bonchev–Trinajstić information content (AvgIpc) is 2.42. The van der Waals surface area contributed by atoms with Gasteiger partial charge in [-0.3, -0.25) is 4.79 Å². The van der Waals surface area contributed by atoms with Crippen molar-refractivity contribution in [2.24, 2.45) is 0 Å². The van der Waals surface area contributed by atoms with E-state index in [1.54, 1.807) is 4.90 Å². The van der Waals surface area contributed by atoms with Crippen LogP contribution in [0, 0.1) is 0 Å². The van der Waals surface area contributed by atoms with Crippen molar-refractivity contribution in [3.8, 4) is 0 Å². The molecule has 18 heavy (non-hydrogen) atoms. The summed E-state index contributed by atoms with van der Waals surface area (Å²) >= 11 is 0. The zero-order valence-electron chi connectivity index (χ0n) is 10.2. The number of amides is 1. The number of nitrogens with zero attached hydrogens (tertiary/aromatic N) is 1. The van der Waals surface area contributed by atoms with E-state index < -0.39 is 31.0 Å². The number of hydrogen-bond donors (Lipinski definition) is 4. The number of carbonyl (C=O) groups is 1. The number of piperazine rings is 1. The first-order valence-electron chi connectivity index (χ1n) is 6.25. The highest BCUT2D eigenvalue weighted by Gasteiger charge is 2.40. The van der Waals surface area contributed by atoms with Gasteiger partial charge in [-0.15, -0.1) is 0 Å². The molecule has 1 amide bonds. The van der Waals surface area contributed by atoms with Gasteiger partial charge in [-0.05, 0) is 0 Å². The van der Waals surface area contributed by atoms with Crippen molar-refractivity contribution in [2.45, 2.75) is 30.8 Å². The molecule has 4 N–H and O–H groups in total. The maximum Gasteiger partial charge on any atom is 0.251 e. The summed E-state index contributed by atoms with van der Waals surface area (Å²) in [4.78, 5) is 13.8. The van der Waals surface area contributed by atoms with Crippen LogP contribution in [0.15, 0.2) is 0 Å². The van der Waals surface area contributed by atoms with Crippen molar-refractivity contribution >= 4 is 5.91 Å². The Morgan fingerprint density at radius 1 is 1.33 bits per heavy atom. The lowest BCUT2D eigenvalue weighted by Gasteiger charge is -2.38. The standard InChI is InChI=1S/C11H20N2O5/c14-6-9-10(16)7(15)5-8(18-9)11(17)13-3-1-12-2-4-13/h7-10,12,14-16H,1-6H2/t7-,8?,9-,10+/m1/s1. The third kappa shape index (κ3) is 2.81. The lowest BCUT2D eigenvalue weighted by Crippen LogP contribution is -2.56. The van der Waals surface area contributed by atoms with Crippen LogP contribution in [-0.2, 0) is 9.53 Å². The van der Waals surface area contributed by atoms with Gasteiger partial charge in [0.2, 0.25) is 0 Å². The van der Waals surface area contributed by atoms with Crippen LogP contribution in [-0.4, -0.2) is 83.3 Å². The van der Waals surface area contributed by atoms with E-state index in [4.69, 9.17) is 9.84 Å². The van der Waals surface area contributed by atoms with Gasteiger partial charge in [0, 0.05) is 32.6 Å². The van der Waals surface area contributed by atoms with Crippen LogP contribution in [0.4, 0.5) is 0 Å². The van der Waals surface area contributed by atoms with Gasteiger partial charge >= 0.3 is 0 Å². The summed E-state index contributed by atoms with van der Waals surface area (Å²) in [6.07, 6.45) is -3.78. The van der Waals surface area contributed by atoms with Crippen LogP contribution in [0.2, 0.25) is 0 Å². The molecule has 0 bridgehead atoms. The van der Waals surface area contributed by atoms with E-state index in [0.717, 1.165) is 13.1 Å². The van der Waals surface area contributed by atoms with Crippen molar-refractivity contribution in [1.82, 2.24) is 10.2 Å². The molecule has 0 saturated carbocycles. The maximum atomic E-state index is 12.2. The Labute approximate surface area is 105 Å². The van der Waals surface area contributed by atoms with Crippen LogP contribution in [0.1, 0.15) is 6.42 Å². The lowest BCUT2D eigenvalue weighted by molar-refractivity contribution is -0.192. The minimum Gasteiger partial charge on any atom is -0.394 e. The van der Waals surface area contributed by atoms with E-state index in [2.05, 4.69) is 5.32 Å². The first-order chi connectivity index (χ1) is 8.63. The summed E-state index contributed by atoms with van der Waals surface area (Å²) in [6, 6.07) is 0. The van der Waals surface area contributed by atoms with Gasteiger partial charge in [0.15, 0.2) is 0 Å². The highest BCUT2D eigenvalue weighted by molar-refractivity contribution is 5.81. The summed E-state index contributed by atoms with van der Waals surface area (Å²) in [5.74, 6) is -0.180. The summed E-state index contributed by atoms with van der Waals surface area (Å²) in [6.45, 7) is 2.30. The highest BCUT2D eigenvalue weighted by atomic mass is 16.5. The van der Waals surface area contributed by atoms with E-state index in [1.807, 2.05) is 0 Å². The minimum absolute atomic E-state index is 0.0699. The fourth-order valence-corrected chi connectivity index (χ4v) is 2.35. The summed E-state index contributed by atoms with van der Waals surface area (Å²) in [5.41, 5.74) is 0. The van der Waals surface area contributed by atoms with Crippen molar-refractivity contribution in [2.75, 3.05) is 32.8 Å². The van der Waals surface area contributed by atoms with Gasteiger partial charge in [0.25, 0.3) is 5.91 Å². The Kier molecular flexibility index (Phi) is 4.52. The lowest BCUT2D eigenvalue weighted by atomic mass is 9.97. The fourth-order valence-electron chi connectivity index (χ4n) is 2.35. The monoisotopic (exact) mass is 260 g/mol. The van der Waals surface area contributed by atoms with Gasteiger partial charge in [0.1, 0.15) is 18.3 Å². The summed E-state index contributed by atoms with van der Waals surface area (Å²) in [7, 11) is 0. The van der Waals surface area contributed by atoms with E-state index in [9.17, 15) is 15.0 Å². The van der Waals surface area contributed by atoms with E-state index in [-0.39, 0.29) is 12.3 Å². The number of carbonyl (C=O) groups excluding carboxylic acids is 1. The van der Waals surface area contributed by atoms with Crippen LogP contribution in [0.3, 0.4) is 0 Å². The van der Waals surface area contributed by atoms with Gasteiger partial charge in [0.05, 0.1) is 12.7 Å². The van der Waals surface area contributed by atoms with Gasteiger partial charge in [-0.2, -0.15) is 0 Å². The number of aliphatic hydroxyl groups is 3. The zero-order chi connectivity index (χ0) is 13.1. The normalized spacial score (nSPS) is 37.6. The molecule has 2 aliphatic rings. The van der Waals surface area contributed by atoms with Crippen LogP contribution in [0.5, 0.6) is 0 Å². The van der Waals surface area contributed by atoms with E-state index >= 15 is 0 Å². The first-order valence-corrected chi connectivity index (χ1v) is 6.25. The average molecular weight is 260 g/mol. The largest absolute Gasteiger partial charge is 0.394 e. The number of ether oxygens (including phenoxy) is 1. The molecule has 0 spiro atoms. The smallest absolute Gasteiger partial charge is 0.251 e. The molecular formula is C11H20N2O5. The SMILES string of the molecule is O=C(C1C[C@@H](O)[C@H](O)[C@@H](CO)O1)N1CCNCC1. The molecular weight excluding hydrogens is 240 g/mol. The number of hydrogen-bond acceptors (Lipinski definition) is 6. The van der Waals surface area contributed by atoms with Crippen LogP contribution < -0.4 is 5.32 Å². The van der Waals surface area contributed by atoms with E-state index in [1.165, 1.54) is 0 Å². The Morgan fingerprint density at radius 2 is 2.00 bits per heavy atom. The Bertz CT molecular complexity index is 295. The number of nitrogens with one attached hydrogen (secondary N) is 1. The quantitative estimate of drug-likeness (QED) is 0.430. The topological polar surface area (TPSA) is 102 Å². The molecule has 2 heterocycles. The molecule has 7 nitrogen and oxygen atoms in total. The molecule has 0 radical (unpaired) electrons. The number of aliphatic hydroxyl groups excluding tert-OH is 3. The molecule has 1 unspecified atom stereocenters. The molecule has 0 aromatic heterocycles. The number of rotatable bonds is 2. The predicted molar refractivity (Wildman–Crippen MR) is 61.8 cm³/mol. The second-order valence-electron chi connectivity index (χ2n) is 4.71. The second-order valence-corrected chi connectivity index (χ2v) is 4.71. The van der Waals surface area contributed by atoms with E-state index in [0.29, 0.717) is 13.1 Å². The molecule has 104 valence electrons. The van der Waals surface area contributed by atoms with Gasteiger partial charge in [-0.25, -0.2) is 0 Å². The third-order valence-electron chi connectivity index (χ3n) is 3.45. The van der Waals surface area contributed by atoms with Crippen molar-refractivity contribution < 1.29 is 24.9 Å². The van der Waals surface area contributed by atoms with Crippen molar-refractivity contribution in [1.29, 1.82) is 0 Å². The molecule has 0 aromatic rings.